The molecule has 0 aliphatic heterocycles. The van der Waals surface area contributed by atoms with Crippen molar-refractivity contribution in [3.8, 4) is 22.6 Å². The number of hydrogen-bond acceptors (Lipinski definition) is 5. The molecule has 0 radical (unpaired) electrons. The van der Waals surface area contributed by atoms with Crippen LogP contribution in [0.1, 0.15) is 24.6 Å². The van der Waals surface area contributed by atoms with Gasteiger partial charge in [0.15, 0.2) is 4.90 Å². The summed E-state index contributed by atoms with van der Waals surface area (Å²) >= 11 is 6.48. The van der Waals surface area contributed by atoms with Gasteiger partial charge in [-0.3, -0.25) is 4.72 Å². The van der Waals surface area contributed by atoms with Gasteiger partial charge in [0.2, 0.25) is 0 Å². The van der Waals surface area contributed by atoms with Crippen LogP contribution in [-0.2, 0) is 10.0 Å². The van der Waals surface area contributed by atoms with Crippen LogP contribution in [0.2, 0.25) is 5.02 Å². The third-order valence-corrected chi connectivity index (χ3v) is 7.07. The topological polar surface area (TPSA) is 101 Å². The van der Waals surface area contributed by atoms with Crippen molar-refractivity contribution < 1.29 is 21.6 Å². The van der Waals surface area contributed by atoms with E-state index in [-0.39, 0.29) is 22.2 Å². The fourth-order valence-corrected chi connectivity index (χ4v) is 5.04. The zero-order valence-corrected chi connectivity index (χ0v) is 18.8. The minimum absolute atomic E-state index is 0.0742. The second kappa shape index (κ2) is 8.41. The van der Waals surface area contributed by atoms with Crippen LogP contribution in [0.15, 0.2) is 53.8 Å². The van der Waals surface area contributed by atoms with Gasteiger partial charge in [0, 0.05) is 17.7 Å². The number of aromatic nitrogens is 4. The zero-order valence-electron chi connectivity index (χ0n) is 17.2. The minimum Gasteiger partial charge on any atom is -0.340 e. The lowest BCUT2D eigenvalue weighted by Crippen LogP contribution is -2.17. The Hall–Kier alpha value is -3.44. The maximum absolute atomic E-state index is 14.6. The van der Waals surface area contributed by atoms with E-state index in [2.05, 4.69) is 19.9 Å². The molecule has 0 atom stereocenters. The number of hydrogen-bond donors (Lipinski definition) is 2. The zero-order chi connectivity index (χ0) is 24.0. The molecular formula is C22H15ClF3N5O2S. The van der Waals surface area contributed by atoms with Crippen LogP contribution in [0.25, 0.3) is 22.6 Å². The van der Waals surface area contributed by atoms with Gasteiger partial charge in [0.1, 0.15) is 29.6 Å². The van der Waals surface area contributed by atoms with E-state index >= 15 is 0 Å². The molecule has 1 fully saturated rings. The highest BCUT2D eigenvalue weighted by atomic mass is 35.5. The molecule has 2 N–H and O–H groups in total. The van der Waals surface area contributed by atoms with Crippen molar-refractivity contribution in [1.29, 1.82) is 0 Å². The maximum Gasteiger partial charge on any atom is 0.267 e. The van der Waals surface area contributed by atoms with Gasteiger partial charge in [-0.05, 0) is 43.2 Å². The van der Waals surface area contributed by atoms with Crippen molar-refractivity contribution in [2.45, 2.75) is 23.7 Å². The van der Waals surface area contributed by atoms with Gasteiger partial charge in [-0.15, -0.1) is 0 Å². The van der Waals surface area contributed by atoms with Crippen molar-refractivity contribution in [2.75, 3.05) is 4.72 Å². The summed E-state index contributed by atoms with van der Waals surface area (Å²) in [4.78, 5) is 14.7. The Bertz CT molecular complexity index is 1490. The Kier molecular flexibility index (Phi) is 5.53. The Balaban J connectivity index is 1.63. The molecule has 174 valence electrons. The predicted octanol–water partition coefficient (Wildman–Crippen LogP) is 5.28. The van der Waals surface area contributed by atoms with E-state index in [1.54, 1.807) is 6.07 Å². The Morgan fingerprint density at radius 3 is 2.47 bits per heavy atom. The Morgan fingerprint density at radius 2 is 1.82 bits per heavy atom. The van der Waals surface area contributed by atoms with Gasteiger partial charge in [-0.1, -0.05) is 17.7 Å². The molecule has 1 saturated carbocycles. The van der Waals surface area contributed by atoms with E-state index < -0.39 is 38.1 Å². The number of nitrogens with zero attached hydrogens (tertiary/aromatic N) is 3. The van der Waals surface area contributed by atoms with E-state index in [0.29, 0.717) is 17.2 Å². The predicted molar refractivity (Wildman–Crippen MR) is 119 cm³/mol. The molecule has 0 spiro atoms. The van der Waals surface area contributed by atoms with E-state index in [1.165, 1.54) is 12.5 Å². The smallest absolute Gasteiger partial charge is 0.267 e. The third kappa shape index (κ3) is 4.12. The molecule has 0 unspecified atom stereocenters. The van der Waals surface area contributed by atoms with Crippen LogP contribution in [0.4, 0.5) is 18.9 Å². The molecule has 1 aliphatic rings. The van der Waals surface area contributed by atoms with Crippen molar-refractivity contribution in [3.05, 3.63) is 77.2 Å². The van der Waals surface area contributed by atoms with Gasteiger partial charge in [0.05, 0.1) is 27.8 Å². The summed E-state index contributed by atoms with van der Waals surface area (Å²) in [5.41, 5.74) is 0.850. The average molecular weight is 506 g/mol. The fourth-order valence-electron chi connectivity index (χ4n) is 3.53. The third-order valence-electron chi connectivity index (χ3n) is 5.25. The van der Waals surface area contributed by atoms with Gasteiger partial charge in [0.25, 0.3) is 10.0 Å². The number of sulfonamides is 1. The molecule has 34 heavy (non-hydrogen) atoms. The molecule has 4 aromatic rings. The first-order chi connectivity index (χ1) is 16.2. The maximum atomic E-state index is 14.6. The van der Waals surface area contributed by atoms with Crippen molar-refractivity contribution in [1.82, 2.24) is 19.9 Å². The van der Waals surface area contributed by atoms with E-state index in [0.717, 1.165) is 43.2 Å². The lowest BCUT2D eigenvalue weighted by atomic mass is 10.1. The van der Waals surface area contributed by atoms with Crippen LogP contribution in [0.5, 0.6) is 0 Å². The number of anilines is 1. The van der Waals surface area contributed by atoms with E-state index in [1.807, 2.05) is 4.72 Å². The number of halogens is 4. The van der Waals surface area contributed by atoms with Crippen molar-refractivity contribution in [3.63, 3.8) is 0 Å². The highest BCUT2D eigenvalue weighted by molar-refractivity contribution is 7.92. The lowest BCUT2D eigenvalue weighted by molar-refractivity contribution is 0.521. The SMILES string of the molecule is O=S(=O)(Nc1cc(F)cc(-c2nc(C3CC3)[nH]c2-c2ccncn2)c1Cl)c1c(F)cccc1F. The number of imidazole rings is 1. The van der Waals surface area contributed by atoms with Crippen LogP contribution in [0, 0.1) is 17.5 Å². The second-order valence-corrected chi connectivity index (χ2v) is 9.68. The summed E-state index contributed by atoms with van der Waals surface area (Å²) in [5, 5.41) is -0.203. The van der Waals surface area contributed by atoms with Gasteiger partial charge in [-0.2, -0.15) is 0 Å². The molecule has 2 aromatic heterocycles. The molecule has 7 nitrogen and oxygen atoms in total. The number of aromatic amines is 1. The van der Waals surface area contributed by atoms with Crippen molar-refractivity contribution in [2.24, 2.45) is 0 Å². The lowest BCUT2D eigenvalue weighted by Gasteiger charge is -2.14. The highest BCUT2D eigenvalue weighted by Gasteiger charge is 2.31. The van der Waals surface area contributed by atoms with E-state index in [9.17, 15) is 21.6 Å². The van der Waals surface area contributed by atoms with Crippen molar-refractivity contribution >= 4 is 27.3 Å². The first-order valence-electron chi connectivity index (χ1n) is 10.1. The highest BCUT2D eigenvalue weighted by Crippen LogP contribution is 2.44. The summed E-state index contributed by atoms with van der Waals surface area (Å²) in [7, 11) is -4.77. The molecule has 2 heterocycles. The van der Waals surface area contributed by atoms with Crippen LogP contribution >= 0.6 is 11.6 Å². The fraction of sp³-hybridized carbons (Fsp3) is 0.136. The quantitative estimate of drug-likeness (QED) is 0.371. The van der Waals surface area contributed by atoms with Crippen LogP contribution in [-0.4, -0.2) is 28.4 Å². The number of nitrogens with one attached hydrogen (secondary N) is 2. The van der Waals surface area contributed by atoms with Crippen LogP contribution in [0.3, 0.4) is 0 Å². The summed E-state index contributed by atoms with van der Waals surface area (Å²) in [5.74, 6) is -2.56. The molecular weight excluding hydrogens is 491 g/mol. The molecule has 0 amide bonds. The van der Waals surface area contributed by atoms with Gasteiger partial charge < -0.3 is 4.98 Å². The second-order valence-electron chi connectivity index (χ2n) is 7.69. The number of H-pyrrole nitrogens is 1. The first kappa shape index (κ1) is 22.4. The molecule has 12 heteroatoms. The van der Waals surface area contributed by atoms with Gasteiger partial charge in [-0.25, -0.2) is 36.5 Å². The van der Waals surface area contributed by atoms with Crippen LogP contribution < -0.4 is 4.72 Å². The summed E-state index contributed by atoms with van der Waals surface area (Å²) in [6.07, 6.45) is 4.74. The molecule has 0 bridgehead atoms. The number of benzene rings is 2. The first-order valence-corrected chi connectivity index (χ1v) is 11.9. The normalized spacial score (nSPS) is 13.8. The minimum atomic E-state index is -4.77. The Labute approximate surface area is 197 Å². The average Bonchev–Trinajstić information content (AvgIpc) is 3.55. The molecule has 0 saturated heterocycles. The summed E-state index contributed by atoms with van der Waals surface area (Å²) < 4.78 is 70.3. The largest absolute Gasteiger partial charge is 0.340 e. The Morgan fingerprint density at radius 1 is 1.09 bits per heavy atom. The monoisotopic (exact) mass is 505 g/mol. The molecule has 1 aliphatic carbocycles. The summed E-state index contributed by atoms with van der Waals surface area (Å²) in [6, 6.07) is 6.18. The summed E-state index contributed by atoms with van der Waals surface area (Å²) in [6.45, 7) is 0. The van der Waals surface area contributed by atoms with E-state index in [4.69, 9.17) is 11.6 Å². The standard InChI is InChI=1S/C22H15ClF3N5O2S/c23-18-13(19-20(16-6-7-27-10-28-16)30-22(29-19)11-4-5-11)8-12(24)9-17(18)31-34(32,33)21-14(25)2-1-3-15(21)26/h1-3,6-11,31H,4-5H2,(H,29,30). The molecule has 5 rings (SSSR count). The number of rotatable bonds is 6. The molecule has 2 aromatic carbocycles. The van der Waals surface area contributed by atoms with Gasteiger partial charge >= 0.3 is 0 Å².